The van der Waals surface area contributed by atoms with Crippen LogP contribution in [0.2, 0.25) is 0 Å². The highest BCUT2D eigenvalue weighted by Gasteiger charge is 2.09. The maximum absolute atomic E-state index is 3.69. The van der Waals surface area contributed by atoms with Crippen LogP contribution in [0, 0.1) is 0 Å². The van der Waals surface area contributed by atoms with E-state index in [9.17, 15) is 0 Å². The van der Waals surface area contributed by atoms with Crippen LogP contribution in [0.4, 0.5) is 0 Å². The van der Waals surface area contributed by atoms with Crippen molar-refractivity contribution in [3.63, 3.8) is 0 Å². The maximum atomic E-state index is 3.69. The van der Waals surface area contributed by atoms with Gasteiger partial charge in [0.05, 0.1) is 0 Å². The molecule has 0 radical (unpaired) electrons. The van der Waals surface area contributed by atoms with Crippen LogP contribution in [0.15, 0.2) is 59.1 Å². The number of halogens is 1. The summed E-state index contributed by atoms with van der Waals surface area (Å²) in [6.07, 6.45) is 4.60. The molecule has 1 nitrogen and oxygen atoms in total. The predicted octanol–water partition coefficient (Wildman–Crippen LogP) is 4.99. The Bertz CT molecular complexity index is 507. The Hall–Kier alpha value is -1.12. The molecule has 0 aliphatic heterocycles. The molecule has 0 spiro atoms. The normalized spacial score (nSPS) is 12.3. The Labute approximate surface area is 136 Å². The molecule has 1 N–H and O–H groups in total. The molecule has 0 saturated heterocycles. The van der Waals surface area contributed by atoms with Crippen molar-refractivity contribution in [1.82, 2.24) is 5.32 Å². The van der Waals surface area contributed by atoms with Gasteiger partial charge in [-0.2, -0.15) is 0 Å². The van der Waals surface area contributed by atoms with Gasteiger partial charge in [0.2, 0.25) is 0 Å². The van der Waals surface area contributed by atoms with E-state index in [1.807, 2.05) is 0 Å². The Morgan fingerprint density at radius 3 is 2.33 bits per heavy atom. The average molecular weight is 346 g/mol. The molecule has 2 aromatic carbocycles. The van der Waals surface area contributed by atoms with Gasteiger partial charge in [0.1, 0.15) is 0 Å². The van der Waals surface area contributed by atoms with Crippen molar-refractivity contribution in [2.24, 2.45) is 0 Å². The van der Waals surface area contributed by atoms with Crippen LogP contribution in [0.25, 0.3) is 0 Å². The van der Waals surface area contributed by atoms with Crippen molar-refractivity contribution in [1.29, 1.82) is 0 Å². The zero-order valence-electron chi connectivity index (χ0n) is 12.7. The van der Waals surface area contributed by atoms with Crippen molar-refractivity contribution in [3.8, 4) is 0 Å². The number of rotatable bonds is 8. The van der Waals surface area contributed by atoms with Gasteiger partial charge >= 0.3 is 0 Å². The fourth-order valence-electron chi connectivity index (χ4n) is 2.52. The summed E-state index contributed by atoms with van der Waals surface area (Å²) in [4.78, 5) is 0. The van der Waals surface area contributed by atoms with Crippen LogP contribution < -0.4 is 5.32 Å². The Kier molecular flexibility index (Phi) is 6.98. The monoisotopic (exact) mass is 345 g/mol. The SMILES string of the molecule is CCCNC(CCc1ccccc1)Cc1ccc(Br)cc1. The van der Waals surface area contributed by atoms with E-state index in [1.54, 1.807) is 0 Å². The maximum Gasteiger partial charge on any atom is 0.0175 e. The summed E-state index contributed by atoms with van der Waals surface area (Å²) in [5, 5.41) is 3.69. The van der Waals surface area contributed by atoms with E-state index >= 15 is 0 Å². The molecule has 2 rings (SSSR count). The molecule has 0 amide bonds. The zero-order chi connectivity index (χ0) is 14.9. The Balaban J connectivity index is 1.92. The largest absolute Gasteiger partial charge is 0.314 e. The highest BCUT2D eigenvalue weighted by Crippen LogP contribution is 2.14. The lowest BCUT2D eigenvalue weighted by Gasteiger charge is -2.19. The fourth-order valence-corrected chi connectivity index (χ4v) is 2.78. The molecule has 0 bridgehead atoms. The van der Waals surface area contributed by atoms with Gasteiger partial charge in [-0.1, -0.05) is 65.3 Å². The molecule has 0 heterocycles. The molecule has 0 fully saturated rings. The first-order valence-electron chi connectivity index (χ1n) is 7.79. The highest BCUT2D eigenvalue weighted by molar-refractivity contribution is 9.10. The first kappa shape index (κ1) is 16.3. The standard InChI is InChI=1S/C19H24BrN/c1-2-14-21-19(13-10-16-6-4-3-5-7-16)15-17-8-11-18(20)12-9-17/h3-9,11-12,19,21H,2,10,13-15H2,1H3. The molecule has 0 aromatic heterocycles. The number of aryl methyl sites for hydroxylation is 1. The van der Waals surface area contributed by atoms with Gasteiger partial charge < -0.3 is 5.32 Å². The zero-order valence-corrected chi connectivity index (χ0v) is 14.3. The third-order valence-corrected chi connectivity index (χ3v) is 4.23. The molecule has 0 saturated carbocycles. The summed E-state index contributed by atoms with van der Waals surface area (Å²) in [5.41, 5.74) is 2.83. The summed E-state index contributed by atoms with van der Waals surface area (Å²) < 4.78 is 1.15. The number of nitrogens with one attached hydrogen (secondary N) is 1. The molecule has 1 atom stereocenters. The van der Waals surface area contributed by atoms with E-state index in [0.717, 1.165) is 23.9 Å². The van der Waals surface area contributed by atoms with Crippen LogP contribution in [-0.2, 0) is 12.8 Å². The van der Waals surface area contributed by atoms with Gasteiger partial charge in [-0.05, 0) is 55.5 Å². The molecule has 0 aliphatic rings. The summed E-state index contributed by atoms with van der Waals surface area (Å²) in [6.45, 7) is 3.32. The fraction of sp³-hybridized carbons (Fsp3) is 0.368. The molecule has 21 heavy (non-hydrogen) atoms. The predicted molar refractivity (Wildman–Crippen MR) is 94.7 cm³/mol. The Morgan fingerprint density at radius 1 is 0.952 bits per heavy atom. The topological polar surface area (TPSA) is 12.0 Å². The third kappa shape index (κ3) is 6.03. The minimum Gasteiger partial charge on any atom is -0.314 e. The molecule has 2 aromatic rings. The lowest BCUT2D eigenvalue weighted by molar-refractivity contribution is 0.477. The van der Waals surface area contributed by atoms with E-state index in [2.05, 4.69) is 82.8 Å². The number of benzene rings is 2. The van der Waals surface area contributed by atoms with Crippen LogP contribution in [-0.4, -0.2) is 12.6 Å². The first-order valence-corrected chi connectivity index (χ1v) is 8.59. The molecule has 2 heteroatoms. The van der Waals surface area contributed by atoms with Crippen LogP contribution in [0.5, 0.6) is 0 Å². The van der Waals surface area contributed by atoms with Gasteiger partial charge in [0.25, 0.3) is 0 Å². The minimum absolute atomic E-state index is 0.548. The van der Waals surface area contributed by atoms with Gasteiger partial charge in [0, 0.05) is 10.5 Å². The Morgan fingerprint density at radius 2 is 1.67 bits per heavy atom. The van der Waals surface area contributed by atoms with Crippen molar-refractivity contribution in [3.05, 3.63) is 70.2 Å². The van der Waals surface area contributed by atoms with Gasteiger partial charge in [-0.15, -0.1) is 0 Å². The van der Waals surface area contributed by atoms with E-state index < -0.39 is 0 Å². The third-order valence-electron chi connectivity index (χ3n) is 3.70. The second-order valence-electron chi connectivity index (χ2n) is 5.51. The molecule has 112 valence electrons. The van der Waals surface area contributed by atoms with E-state index in [1.165, 1.54) is 24.0 Å². The van der Waals surface area contributed by atoms with Crippen LogP contribution >= 0.6 is 15.9 Å². The smallest absolute Gasteiger partial charge is 0.0175 e. The lowest BCUT2D eigenvalue weighted by Crippen LogP contribution is -2.32. The van der Waals surface area contributed by atoms with Crippen molar-refractivity contribution in [2.75, 3.05) is 6.54 Å². The quantitative estimate of drug-likeness (QED) is 0.710. The van der Waals surface area contributed by atoms with E-state index in [0.29, 0.717) is 6.04 Å². The van der Waals surface area contributed by atoms with E-state index in [-0.39, 0.29) is 0 Å². The molecule has 0 aliphatic carbocycles. The average Bonchev–Trinajstić information content (AvgIpc) is 2.53. The van der Waals surface area contributed by atoms with Gasteiger partial charge in [0.15, 0.2) is 0 Å². The molecule has 1 unspecified atom stereocenters. The van der Waals surface area contributed by atoms with E-state index in [4.69, 9.17) is 0 Å². The molecular formula is C19H24BrN. The number of hydrogen-bond donors (Lipinski definition) is 1. The van der Waals surface area contributed by atoms with Crippen molar-refractivity contribution in [2.45, 2.75) is 38.6 Å². The van der Waals surface area contributed by atoms with Crippen molar-refractivity contribution < 1.29 is 0 Å². The van der Waals surface area contributed by atoms with Gasteiger partial charge in [-0.3, -0.25) is 0 Å². The van der Waals surface area contributed by atoms with Crippen LogP contribution in [0.3, 0.4) is 0 Å². The second kappa shape index (κ2) is 9.01. The van der Waals surface area contributed by atoms with Crippen molar-refractivity contribution >= 4 is 15.9 Å². The first-order chi connectivity index (χ1) is 10.3. The summed E-state index contributed by atoms with van der Waals surface area (Å²) in [7, 11) is 0. The summed E-state index contributed by atoms with van der Waals surface area (Å²) in [5.74, 6) is 0. The van der Waals surface area contributed by atoms with Gasteiger partial charge in [-0.25, -0.2) is 0 Å². The number of hydrogen-bond acceptors (Lipinski definition) is 1. The lowest BCUT2D eigenvalue weighted by atomic mass is 9.99. The summed E-state index contributed by atoms with van der Waals surface area (Å²) in [6, 6.07) is 20.0. The highest BCUT2D eigenvalue weighted by atomic mass is 79.9. The minimum atomic E-state index is 0.548. The summed E-state index contributed by atoms with van der Waals surface area (Å²) >= 11 is 3.50. The molecular weight excluding hydrogens is 322 g/mol. The second-order valence-corrected chi connectivity index (χ2v) is 6.42. The van der Waals surface area contributed by atoms with Crippen LogP contribution in [0.1, 0.15) is 30.9 Å².